The minimum atomic E-state index is -0.208. The van der Waals surface area contributed by atoms with E-state index in [1.54, 1.807) is 0 Å². The fraction of sp³-hybridized carbons (Fsp3) is 0.278. The fourth-order valence-corrected chi connectivity index (χ4v) is 3.34. The van der Waals surface area contributed by atoms with E-state index >= 15 is 0 Å². The summed E-state index contributed by atoms with van der Waals surface area (Å²) in [6.45, 7) is 3.50. The Hall–Kier alpha value is -1.85. The van der Waals surface area contributed by atoms with E-state index in [0.717, 1.165) is 22.0 Å². The van der Waals surface area contributed by atoms with Crippen LogP contribution < -0.4 is 14.8 Å². The van der Waals surface area contributed by atoms with Gasteiger partial charge in [0.2, 0.25) is 5.91 Å². The predicted molar refractivity (Wildman–Crippen MR) is 96.0 cm³/mol. The number of carbonyl (C=O) groups is 1. The molecule has 0 aliphatic carbocycles. The van der Waals surface area contributed by atoms with Crippen molar-refractivity contribution in [2.45, 2.75) is 23.6 Å². The molecule has 3 rings (SSSR count). The summed E-state index contributed by atoms with van der Waals surface area (Å²) in [5.74, 6) is 1.48. The fourth-order valence-electron chi connectivity index (χ4n) is 2.29. The van der Waals surface area contributed by atoms with Crippen molar-refractivity contribution >= 4 is 29.3 Å². The molecule has 0 spiro atoms. The molecule has 1 unspecified atom stereocenters. The third kappa shape index (κ3) is 4.36. The predicted octanol–water partition coefficient (Wildman–Crippen LogP) is 3.91. The Balaban J connectivity index is 1.55. The Morgan fingerprint density at radius 3 is 2.62 bits per heavy atom. The van der Waals surface area contributed by atoms with Crippen LogP contribution in [0.15, 0.2) is 47.4 Å². The zero-order chi connectivity index (χ0) is 16.9. The first-order valence-electron chi connectivity index (χ1n) is 7.70. The molecule has 1 amide bonds. The van der Waals surface area contributed by atoms with Crippen LogP contribution in [0.1, 0.15) is 12.5 Å². The van der Waals surface area contributed by atoms with Gasteiger partial charge in [-0.15, -0.1) is 11.8 Å². The highest BCUT2D eigenvalue weighted by Gasteiger charge is 2.17. The number of rotatable bonds is 5. The summed E-state index contributed by atoms with van der Waals surface area (Å²) in [5.41, 5.74) is 1.02. The van der Waals surface area contributed by atoms with Gasteiger partial charge in [0, 0.05) is 16.5 Å². The molecule has 1 aliphatic heterocycles. The van der Waals surface area contributed by atoms with Crippen molar-refractivity contribution in [3.05, 3.63) is 53.1 Å². The zero-order valence-corrected chi connectivity index (χ0v) is 14.8. The van der Waals surface area contributed by atoms with E-state index in [1.807, 2.05) is 49.4 Å². The van der Waals surface area contributed by atoms with E-state index in [-0.39, 0.29) is 11.2 Å². The van der Waals surface area contributed by atoms with Crippen molar-refractivity contribution in [2.24, 2.45) is 0 Å². The van der Waals surface area contributed by atoms with Crippen LogP contribution in [-0.2, 0) is 11.3 Å². The van der Waals surface area contributed by atoms with Crippen LogP contribution in [-0.4, -0.2) is 24.4 Å². The topological polar surface area (TPSA) is 47.6 Å². The number of fused-ring (bicyclic) bond motifs is 1. The van der Waals surface area contributed by atoms with Gasteiger partial charge in [-0.1, -0.05) is 23.7 Å². The van der Waals surface area contributed by atoms with Gasteiger partial charge in [-0.05, 0) is 42.8 Å². The Morgan fingerprint density at radius 2 is 1.88 bits per heavy atom. The second kappa shape index (κ2) is 7.81. The minimum absolute atomic E-state index is 0.00941. The minimum Gasteiger partial charge on any atom is -0.486 e. The number of thioether (sulfide) groups is 1. The molecule has 2 aromatic rings. The largest absolute Gasteiger partial charge is 0.486 e. The molecule has 0 saturated carbocycles. The normalized spacial score (nSPS) is 14.1. The van der Waals surface area contributed by atoms with E-state index in [0.29, 0.717) is 24.8 Å². The van der Waals surface area contributed by atoms with Crippen molar-refractivity contribution < 1.29 is 14.3 Å². The highest BCUT2D eigenvalue weighted by Crippen LogP contribution is 2.35. The monoisotopic (exact) mass is 363 g/mol. The summed E-state index contributed by atoms with van der Waals surface area (Å²) in [6, 6.07) is 13.2. The number of hydrogen-bond acceptors (Lipinski definition) is 4. The van der Waals surface area contributed by atoms with Gasteiger partial charge >= 0.3 is 0 Å². The second-order valence-electron chi connectivity index (χ2n) is 5.41. The van der Waals surface area contributed by atoms with Gasteiger partial charge in [0.1, 0.15) is 13.2 Å². The summed E-state index contributed by atoms with van der Waals surface area (Å²) < 4.78 is 11.1. The van der Waals surface area contributed by atoms with Crippen LogP contribution >= 0.6 is 23.4 Å². The summed E-state index contributed by atoms with van der Waals surface area (Å²) >= 11 is 7.35. The van der Waals surface area contributed by atoms with Crippen LogP contribution in [0.3, 0.4) is 0 Å². The second-order valence-corrected chi connectivity index (χ2v) is 7.26. The molecule has 24 heavy (non-hydrogen) atoms. The van der Waals surface area contributed by atoms with E-state index in [4.69, 9.17) is 21.1 Å². The molecule has 0 radical (unpaired) electrons. The van der Waals surface area contributed by atoms with Gasteiger partial charge in [0.15, 0.2) is 11.5 Å². The van der Waals surface area contributed by atoms with Crippen molar-refractivity contribution in [1.29, 1.82) is 0 Å². The number of hydrogen-bond donors (Lipinski definition) is 1. The molecule has 0 saturated heterocycles. The smallest absolute Gasteiger partial charge is 0.233 e. The van der Waals surface area contributed by atoms with Gasteiger partial charge in [0.05, 0.1) is 5.25 Å². The Kier molecular flexibility index (Phi) is 5.53. The van der Waals surface area contributed by atoms with Gasteiger partial charge < -0.3 is 14.8 Å². The highest BCUT2D eigenvalue weighted by molar-refractivity contribution is 8.00. The number of carbonyl (C=O) groups excluding carboxylic acids is 1. The molecule has 1 heterocycles. The van der Waals surface area contributed by atoms with Crippen molar-refractivity contribution in [3.8, 4) is 11.5 Å². The lowest BCUT2D eigenvalue weighted by Crippen LogP contribution is -2.30. The van der Waals surface area contributed by atoms with Crippen LogP contribution in [0.25, 0.3) is 0 Å². The lowest BCUT2D eigenvalue weighted by molar-refractivity contribution is -0.120. The third-order valence-corrected chi connectivity index (χ3v) is 4.92. The summed E-state index contributed by atoms with van der Waals surface area (Å²) in [6.07, 6.45) is 0. The molecule has 0 fully saturated rings. The van der Waals surface area contributed by atoms with Crippen molar-refractivity contribution in [1.82, 2.24) is 5.32 Å². The van der Waals surface area contributed by atoms with Crippen molar-refractivity contribution in [3.63, 3.8) is 0 Å². The molecular weight excluding hydrogens is 346 g/mol. The summed E-state index contributed by atoms with van der Waals surface area (Å²) in [4.78, 5) is 13.2. The first-order chi connectivity index (χ1) is 11.6. The Labute approximate surface area is 150 Å². The number of ether oxygens (including phenoxy) is 2. The van der Waals surface area contributed by atoms with Gasteiger partial charge in [0.25, 0.3) is 0 Å². The van der Waals surface area contributed by atoms with Gasteiger partial charge in [-0.3, -0.25) is 4.79 Å². The first kappa shape index (κ1) is 17.0. The molecule has 126 valence electrons. The molecule has 0 aromatic heterocycles. The maximum atomic E-state index is 12.3. The SMILES string of the molecule is CC(Sc1ccc2c(c1)OCCO2)C(=O)NCc1ccc(Cl)cc1. The third-order valence-electron chi connectivity index (χ3n) is 3.58. The molecule has 1 aliphatic rings. The lowest BCUT2D eigenvalue weighted by atomic mass is 10.2. The van der Waals surface area contributed by atoms with Crippen LogP contribution in [0.4, 0.5) is 0 Å². The molecule has 2 aromatic carbocycles. The first-order valence-corrected chi connectivity index (χ1v) is 8.96. The van der Waals surface area contributed by atoms with Crippen molar-refractivity contribution in [2.75, 3.05) is 13.2 Å². The number of nitrogens with one attached hydrogen (secondary N) is 1. The summed E-state index contributed by atoms with van der Waals surface area (Å²) in [7, 11) is 0. The average Bonchev–Trinajstić information content (AvgIpc) is 2.61. The molecule has 1 N–H and O–H groups in total. The zero-order valence-electron chi connectivity index (χ0n) is 13.3. The number of benzene rings is 2. The van der Waals surface area contributed by atoms with Crippen LogP contribution in [0.2, 0.25) is 5.02 Å². The number of amides is 1. The average molecular weight is 364 g/mol. The van der Waals surface area contributed by atoms with Crippen LogP contribution in [0.5, 0.6) is 11.5 Å². The molecular formula is C18H18ClNO3S. The highest BCUT2D eigenvalue weighted by atomic mass is 35.5. The van der Waals surface area contributed by atoms with E-state index in [1.165, 1.54) is 11.8 Å². The Bertz CT molecular complexity index is 721. The van der Waals surface area contributed by atoms with E-state index in [2.05, 4.69) is 5.32 Å². The molecule has 1 atom stereocenters. The maximum Gasteiger partial charge on any atom is 0.233 e. The van der Waals surface area contributed by atoms with Gasteiger partial charge in [-0.25, -0.2) is 0 Å². The van der Waals surface area contributed by atoms with E-state index in [9.17, 15) is 4.79 Å². The maximum absolute atomic E-state index is 12.3. The number of halogens is 1. The standard InChI is InChI=1S/C18H18ClNO3S/c1-12(18(21)20-11-13-2-4-14(19)5-3-13)24-15-6-7-16-17(10-15)23-9-8-22-16/h2-7,10,12H,8-9,11H2,1H3,(H,20,21). The molecule has 4 nitrogen and oxygen atoms in total. The quantitative estimate of drug-likeness (QED) is 0.818. The lowest BCUT2D eigenvalue weighted by Gasteiger charge is -2.19. The van der Waals surface area contributed by atoms with Gasteiger partial charge in [-0.2, -0.15) is 0 Å². The Morgan fingerprint density at radius 1 is 1.17 bits per heavy atom. The van der Waals surface area contributed by atoms with E-state index < -0.39 is 0 Å². The molecule has 6 heteroatoms. The molecule has 0 bridgehead atoms. The summed E-state index contributed by atoms with van der Waals surface area (Å²) in [5, 5.41) is 3.42. The van der Waals surface area contributed by atoms with Crippen LogP contribution in [0, 0.1) is 0 Å².